The number of nitrogens with two attached hydrogens (primary N) is 2. The molecule has 1 heterocycles. The molecule has 34 heavy (non-hydrogen) atoms. The molecule has 1 aromatic carbocycles. The Balaban J connectivity index is 2.18. The number of Topliss-reactive ketones (excluding diaryl/α,β-unsaturated/α-hetero) is 1. The van der Waals surface area contributed by atoms with Gasteiger partial charge >= 0.3 is 0 Å². The summed E-state index contributed by atoms with van der Waals surface area (Å²) in [5, 5.41) is 2.43. The summed E-state index contributed by atoms with van der Waals surface area (Å²) in [4.78, 5) is 48.8. The third-order valence-electron chi connectivity index (χ3n) is 5.00. The molecule has 2 amide bonds. The van der Waals surface area contributed by atoms with Crippen molar-refractivity contribution >= 4 is 33.3 Å². The summed E-state index contributed by atoms with van der Waals surface area (Å²) in [7, 11) is -3.89. The van der Waals surface area contributed by atoms with Crippen LogP contribution in [0.4, 0.5) is 5.69 Å². The van der Waals surface area contributed by atoms with Crippen molar-refractivity contribution in [2.75, 3.05) is 11.3 Å². The summed E-state index contributed by atoms with van der Waals surface area (Å²) in [6.07, 6.45) is 1.23. The van der Waals surface area contributed by atoms with Crippen LogP contribution >= 0.6 is 0 Å². The first-order chi connectivity index (χ1) is 16.0. The molecule has 184 valence electrons. The van der Waals surface area contributed by atoms with Gasteiger partial charge in [0, 0.05) is 5.69 Å². The molecule has 0 spiro atoms. The van der Waals surface area contributed by atoms with E-state index in [1.54, 1.807) is 37.3 Å². The van der Waals surface area contributed by atoms with Gasteiger partial charge in [0.05, 0.1) is 11.8 Å². The monoisotopic (exact) mass is 491 g/mol. The average Bonchev–Trinajstić information content (AvgIpc) is 2.77. The van der Waals surface area contributed by atoms with E-state index in [0.717, 1.165) is 4.57 Å². The number of hydrogen-bond acceptors (Lipinski definition) is 7. The van der Waals surface area contributed by atoms with Crippen molar-refractivity contribution in [1.29, 1.82) is 0 Å². The zero-order valence-electron chi connectivity index (χ0n) is 18.8. The maximum atomic E-state index is 12.9. The molecule has 1 unspecified atom stereocenters. The van der Waals surface area contributed by atoms with Gasteiger partial charge in [-0.05, 0) is 50.4 Å². The van der Waals surface area contributed by atoms with Crippen molar-refractivity contribution in [2.24, 2.45) is 11.5 Å². The molecule has 1 aromatic heterocycles. The van der Waals surface area contributed by atoms with E-state index in [2.05, 4.69) is 10.0 Å². The first-order valence-corrected chi connectivity index (χ1v) is 12.3. The lowest BCUT2D eigenvalue weighted by atomic mass is 10.0. The maximum Gasteiger partial charge on any atom is 0.287 e. The summed E-state index contributed by atoms with van der Waals surface area (Å²) in [6.45, 7) is 1.47. The summed E-state index contributed by atoms with van der Waals surface area (Å²) in [5.41, 5.74) is 10.5. The molecule has 2 aromatic rings. The van der Waals surface area contributed by atoms with Crippen LogP contribution in [-0.4, -0.2) is 43.2 Å². The number of nitrogens with zero attached hydrogens (tertiary/aromatic N) is 1. The van der Waals surface area contributed by atoms with E-state index >= 15 is 0 Å². The predicted molar refractivity (Wildman–Crippen MR) is 127 cm³/mol. The topological polar surface area (TPSA) is 183 Å². The van der Waals surface area contributed by atoms with Crippen molar-refractivity contribution in [3.8, 4) is 0 Å². The number of rotatable bonds is 13. The summed E-state index contributed by atoms with van der Waals surface area (Å²) >= 11 is 0. The van der Waals surface area contributed by atoms with Gasteiger partial charge in [0.15, 0.2) is 0 Å². The Morgan fingerprint density at radius 2 is 1.74 bits per heavy atom. The third-order valence-corrected chi connectivity index (χ3v) is 6.24. The van der Waals surface area contributed by atoms with Crippen LogP contribution in [0.25, 0.3) is 0 Å². The second-order valence-corrected chi connectivity index (χ2v) is 9.48. The van der Waals surface area contributed by atoms with Gasteiger partial charge in [-0.1, -0.05) is 30.3 Å². The quantitative estimate of drug-likeness (QED) is 0.220. The van der Waals surface area contributed by atoms with Crippen LogP contribution in [0, 0.1) is 6.92 Å². The number of sulfonamides is 1. The Hall–Kier alpha value is -3.51. The number of carbonyl (C=O) groups excluding carboxylic acids is 3. The van der Waals surface area contributed by atoms with Crippen molar-refractivity contribution in [2.45, 2.75) is 44.5 Å². The van der Waals surface area contributed by atoms with Crippen LogP contribution < -0.4 is 27.1 Å². The minimum absolute atomic E-state index is 0.165. The number of carbonyl (C=O) groups is 3. The number of ketones is 1. The Labute approximate surface area is 197 Å². The largest absolute Gasteiger partial charge is 0.363 e. The number of benzene rings is 1. The SMILES string of the molecule is Cc1ccc(NS(=O)(=O)Cc2ccccc2)c(=O)n1CC(=O)NC(CCCCN)C(=O)C(N)=O. The maximum absolute atomic E-state index is 12.9. The van der Waals surface area contributed by atoms with Crippen molar-refractivity contribution in [3.63, 3.8) is 0 Å². The number of aryl methyl sites for hydroxylation is 1. The molecule has 12 heteroatoms. The van der Waals surface area contributed by atoms with Crippen LogP contribution in [0.1, 0.15) is 30.5 Å². The molecule has 0 aliphatic heterocycles. The Morgan fingerprint density at radius 1 is 1.06 bits per heavy atom. The number of amides is 2. The summed E-state index contributed by atoms with van der Waals surface area (Å²) in [5.74, 6) is -3.17. The number of unbranched alkanes of at least 4 members (excludes halogenated alkanes) is 1. The average molecular weight is 492 g/mol. The smallest absolute Gasteiger partial charge is 0.287 e. The van der Waals surface area contributed by atoms with Crippen LogP contribution in [-0.2, 0) is 36.7 Å². The van der Waals surface area contributed by atoms with Gasteiger partial charge in [-0.3, -0.25) is 23.9 Å². The van der Waals surface area contributed by atoms with Gasteiger partial charge in [0.1, 0.15) is 12.2 Å². The standard InChI is InChI=1S/C22H29N5O6S/c1-15-10-11-18(26-34(32,33)14-16-7-3-2-4-8-16)22(31)27(15)13-19(28)25-17(9-5-6-12-23)20(29)21(24)30/h2-4,7-8,10-11,17,26H,5-6,9,12-14,23H2,1H3,(H2,24,30)(H,25,28). The Morgan fingerprint density at radius 3 is 2.35 bits per heavy atom. The highest BCUT2D eigenvalue weighted by Gasteiger charge is 2.25. The number of pyridine rings is 1. The fourth-order valence-corrected chi connectivity index (χ4v) is 4.45. The van der Waals surface area contributed by atoms with E-state index in [1.807, 2.05) is 0 Å². The molecule has 1 atom stereocenters. The number of aromatic nitrogens is 1. The van der Waals surface area contributed by atoms with Crippen LogP contribution in [0.15, 0.2) is 47.3 Å². The molecule has 0 saturated carbocycles. The van der Waals surface area contributed by atoms with Crippen LogP contribution in [0.3, 0.4) is 0 Å². The van der Waals surface area contributed by atoms with Gasteiger partial charge in [-0.25, -0.2) is 8.42 Å². The number of hydrogen-bond donors (Lipinski definition) is 4. The fraction of sp³-hybridized carbons (Fsp3) is 0.364. The third kappa shape index (κ3) is 7.81. The zero-order valence-corrected chi connectivity index (χ0v) is 19.6. The zero-order chi connectivity index (χ0) is 25.3. The second kappa shape index (κ2) is 12.1. The summed E-state index contributed by atoms with van der Waals surface area (Å²) in [6, 6.07) is 10.1. The van der Waals surface area contributed by atoms with Crippen molar-refractivity contribution in [3.05, 3.63) is 64.1 Å². The first kappa shape index (κ1) is 26.7. The fourth-order valence-electron chi connectivity index (χ4n) is 3.26. The van der Waals surface area contributed by atoms with E-state index in [1.165, 1.54) is 12.1 Å². The normalized spacial score (nSPS) is 12.1. The highest BCUT2D eigenvalue weighted by Crippen LogP contribution is 2.11. The summed E-state index contributed by atoms with van der Waals surface area (Å²) < 4.78 is 28.4. The van der Waals surface area contributed by atoms with Gasteiger partial charge in [0.25, 0.3) is 11.5 Å². The van der Waals surface area contributed by atoms with Gasteiger partial charge in [-0.15, -0.1) is 0 Å². The van der Waals surface area contributed by atoms with E-state index in [-0.39, 0.29) is 17.9 Å². The molecule has 6 N–H and O–H groups in total. The van der Waals surface area contributed by atoms with E-state index in [4.69, 9.17) is 11.5 Å². The Kier molecular flexibility index (Phi) is 9.51. The highest BCUT2D eigenvalue weighted by atomic mass is 32.2. The molecule has 2 rings (SSSR count). The molecule has 0 aliphatic carbocycles. The molecule has 11 nitrogen and oxygen atoms in total. The van der Waals surface area contributed by atoms with Gasteiger partial charge < -0.3 is 21.4 Å². The minimum Gasteiger partial charge on any atom is -0.363 e. The van der Waals surface area contributed by atoms with E-state index < -0.39 is 45.8 Å². The molecule has 0 radical (unpaired) electrons. The lowest BCUT2D eigenvalue weighted by molar-refractivity contribution is -0.138. The molecular formula is C22H29N5O6S. The lowest BCUT2D eigenvalue weighted by Crippen LogP contribution is -2.47. The van der Waals surface area contributed by atoms with Crippen LogP contribution in [0.5, 0.6) is 0 Å². The van der Waals surface area contributed by atoms with Crippen molar-refractivity contribution in [1.82, 2.24) is 9.88 Å². The first-order valence-electron chi connectivity index (χ1n) is 10.6. The Bertz CT molecular complexity index is 1190. The molecule has 0 bridgehead atoms. The van der Waals surface area contributed by atoms with Gasteiger partial charge in [-0.2, -0.15) is 0 Å². The number of nitrogens with one attached hydrogen (secondary N) is 2. The lowest BCUT2D eigenvalue weighted by Gasteiger charge is -2.18. The molecule has 0 fully saturated rings. The number of anilines is 1. The van der Waals surface area contributed by atoms with E-state index in [0.29, 0.717) is 30.6 Å². The molecule has 0 saturated heterocycles. The van der Waals surface area contributed by atoms with E-state index in [9.17, 15) is 27.6 Å². The second-order valence-electron chi connectivity index (χ2n) is 7.76. The molecule has 0 aliphatic rings. The predicted octanol–water partition coefficient (Wildman–Crippen LogP) is -0.233. The minimum atomic E-state index is -3.89. The molecular weight excluding hydrogens is 462 g/mol. The van der Waals surface area contributed by atoms with Crippen molar-refractivity contribution < 1.29 is 22.8 Å². The number of primary amides is 1. The van der Waals surface area contributed by atoms with Gasteiger partial charge in [0.2, 0.25) is 21.7 Å². The highest BCUT2D eigenvalue weighted by molar-refractivity contribution is 7.91. The van der Waals surface area contributed by atoms with Crippen LogP contribution in [0.2, 0.25) is 0 Å².